The van der Waals surface area contributed by atoms with E-state index in [4.69, 9.17) is 9.47 Å². The molecule has 0 saturated heterocycles. The van der Waals surface area contributed by atoms with Crippen molar-refractivity contribution in [3.05, 3.63) is 11.6 Å². The highest BCUT2D eigenvalue weighted by molar-refractivity contribution is 5.92. The van der Waals surface area contributed by atoms with E-state index in [1.807, 2.05) is 13.0 Å². The van der Waals surface area contributed by atoms with Gasteiger partial charge in [-0.25, -0.2) is 0 Å². The van der Waals surface area contributed by atoms with Gasteiger partial charge in [0.1, 0.15) is 19.0 Å². The van der Waals surface area contributed by atoms with E-state index in [2.05, 4.69) is 13.8 Å². The Morgan fingerprint density at radius 2 is 2.00 bits per heavy atom. The molecule has 6 heteroatoms. The topological polar surface area (TPSA) is 93.1 Å². The van der Waals surface area contributed by atoms with Crippen LogP contribution in [0.1, 0.15) is 65.7 Å². The van der Waals surface area contributed by atoms with Gasteiger partial charge in [0, 0.05) is 18.4 Å². The van der Waals surface area contributed by atoms with E-state index in [1.54, 1.807) is 0 Å². The molecule has 168 valence electrons. The molecule has 4 aliphatic rings. The molecule has 0 aromatic rings. The predicted octanol–water partition coefficient (Wildman–Crippen LogP) is 2.80. The fourth-order valence-electron chi connectivity index (χ4n) is 7.80. The highest BCUT2D eigenvalue weighted by atomic mass is 16.7. The Morgan fingerprint density at radius 1 is 1.23 bits per heavy atom. The van der Waals surface area contributed by atoms with Gasteiger partial charge in [-0.3, -0.25) is 9.59 Å². The zero-order valence-electron chi connectivity index (χ0n) is 18.5. The lowest BCUT2D eigenvalue weighted by atomic mass is 9.45. The Labute approximate surface area is 179 Å². The van der Waals surface area contributed by atoms with Gasteiger partial charge in [0.25, 0.3) is 0 Å². The number of carbonyl (C=O) groups is 2. The van der Waals surface area contributed by atoms with Gasteiger partial charge < -0.3 is 19.7 Å². The van der Waals surface area contributed by atoms with Crippen LogP contribution in [0.4, 0.5) is 0 Å². The first kappa shape index (κ1) is 22.1. The predicted molar refractivity (Wildman–Crippen MR) is 111 cm³/mol. The molecule has 0 heterocycles. The Hall–Kier alpha value is -1.08. The summed E-state index contributed by atoms with van der Waals surface area (Å²) in [6.07, 6.45) is 6.26. The van der Waals surface area contributed by atoms with Crippen molar-refractivity contribution in [3.8, 4) is 0 Å². The average molecular weight is 421 g/mol. The van der Waals surface area contributed by atoms with E-state index in [-0.39, 0.29) is 41.5 Å². The van der Waals surface area contributed by atoms with Crippen LogP contribution in [-0.4, -0.2) is 53.5 Å². The van der Waals surface area contributed by atoms with E-state index in [0.29, 0.717) is 25.9 Å². The van der Waals surface area contributed by atoms with Crippen molar-refractivity contribution in [2.75, 3.05) is 20.0 Å². The first-order valence-electron chi connectivity index (χ1n) is 11.5. The number of rotatable bonds is 6. The monoisotopic (exact) mass is 420 g/mol. The molecule has 3 saturated carbocycles. The van der Waals surface area contributed by atoms with Crippen LogP contribution < -0.4 is 0 Å². The summed E-state index contributed by atoms with van der Waals surface area (Å²) in [7, 11) is 0. The maximum atomic E-state index is 13.0. The van der Waals surface area contributed by atoms with Crippen LogP contribution in [-0.2, 0) is 19.1 Å². The number of fused-ring (bicyclic) bond motifs is 5. The molecular formula is C24H36O6. The number of carbonyl (C=O) groups excluding carboxylic acids is 2. The normalized spacial score (nSPS) is 45.4. The molecule has 0 aromatic heterocycles. The first-order valence-corrected chi connectivity index (χ1v) is 11.5. The number of allylic oxidation sites excluding steroid dienone is 1. The van der Waals surface area contributed by atoms with Crippen LogP contribution in [0, 0.1) is 28.6 Å². The van der Waals surface area contributed by atoms with E-state index >= 15 is 0 Å². The first-order chi connectivity index (χ1) is 14.2. The van der Waals surface area contributed by atoms with Gasteiger partial charge in [-0.2, -0.15) is 0 Å². The largest absolute Gasteiger partial charge is 0.393 e. The van der Waals surface area contributed by atoms with Gasteiger partial charge in [-0.05, 0) is 74.7 Å². The van der Waals surface area contributed by atoms with Crippen LogP contribution >= 0.6 is 0 Å². The molecular weight excluding hydrogens is 384 g/mol. The van der Waals surface area contributed by atoms with Gasteiger partial charge in [0.05, 0.1) is 6.10 Å². The highest BCUT2D eigenvalue weighted by Crippen LogP contribution is 2.68. The minimum atomic E-state index is -1.12. The number of aliphatic hydroxyl groups excluding tert-OH is 2. The third-order valence-electron chi connectivity index (χ3n) is 9.20. The van der Waals surface area contributed by atoms with Crippen LogP contribution in [0.3, 0.4) is 0 Å². The lowest BCUT2D eigenvalue weighted by molar-refractivity contribution is -0.219. The zero-order chi connectivity index (χ0) is 21.7. The second-order valence-corrected chi connectivity index (χ2v) is 10.3. The Morgan fingerprint density at radius 3 is 2.70 bits per heavy atom. The number of aliphatic hydroxyl groups is 2. The van der Waals surface area contributed by atoms with Gasteiger partial charge in [-0.15, -0.1) is 0 Å². The van der Waals surface area contributed by atoms with Crippen molar-refractivity contribution < 1.29 is 29.3 Å². The number of hydrogen-bond donors (Lipinski definition) is 2. The molecule has 0 aromatic carbocycles. The molecule has 6 nitrogen and oxygen atoms in total. The number of ketones is 2. The summed E-state index contributed by atoms with van der Waals surface area (Å²) in [4.78, 5) is 25.1. The summed E-state index contributed by atoms with van der Waals surface area (Å²) < 4.78 is 11.5. The standard InChI is InChI=1S/C24H36O6/c1-4-29-14-30-24(20(28)13-25)10-8-18-17-6-5-15-11-16(26)7-9-22(15,2)21(17)19(27)12-23(18,24)3/h11,17-19,21,25,27H,4-10,12-14H2,1-3H3/t17-,18-,19?,21+,22-,23-,24-/m0/s1. The molecule has 1 unspecified atom stereocenters. The quantitative estimate of drug-likeness (QED) is 0.507. The molecule has 0 bridgehead atoms. The van der Waals surface area contributed by atoms with Crippen LogP contribution in [0.15, 0.2) is 11.6 Å². The molecule has 4 rings (SSSR count). The maximum absolute atomic E-state index is 13.0. The van der Waals surface area contributed by atoms with Crippen LogP contribution in [0.25, 0.3) is 0 Å². The summed E-state index contributed by atoms with van der Waals surface area (Å²) in [6, 6.07) is 0. The van der Waals surface area contributed by atoms with Gasteiger partial charge in [-0.1, -0.05) is 19.4 Å². The Bertz CT molecular complexity index is 746. The zero-order valence-corrected chi connectivity index (χ0v) is 18.5. The molecule has 0 spiro atoms. The lowest BCUT2D eigenvalue weighted by Gasteiger charge is -2.61. The molecule has 0 aliphatic heterocycles. The van der Waals surface area contributed by atoms with Crippen molar-refractivity contribution >= 4 is 11.6 Å². The van der Waals surface area contributed by atoms with Crippen molar-refractivity contribution in [2.45, 2.75) is 77.4 Å². The van der Waals surface area contributed by atoms with Crippen molar-refractivity contribution in [2.24, 2.45) is 28.6 Å². The minimum Gasteiger partial charge on any atom is -0.393 e. The van der Waals surface area contributed by atoms with Crippen LogP contribution in [0.5, 0.6) is 0 Å². The fraction of sp³-hybridized carbons (Fsp3) is 0.833. The molecule has 2 N–H and O–H groups in total. The molecule has 0 radical (unpaired) electrons. The van der Waals surface area contributed by atoms with Crippen molar-refractivity contribution in [3.63, 3.8) is 0 Å². The van der Waals surface area contributed by atoms with E-state index in [1.165, 1.54) is 5.57 Å². The molecule has 30 heavy (non-hydrogen) atoms. The van der Waals surface area contributed by atoms with Crippen molar-refractivity contribution in [1.29, 1.82) is 0 Å². The highest BCUT2D eigenvalue weighted by Gasteiger charge is 2.69. The smallest absolute Gasteiger partial charge is 0.190 e. The summed E-state index contributed by atoms with van der Waals surface area (Å²) in [5.74, 6) is 0.505. The van der Waals surface area contributed by atoms with Crippen molar-refractivity contribution in [1.82, 2.24) is 0 Å². The van der Waals surface area contributed by atoms with E-state index in [0.717, 1.165) is 25.7 Å². The number of ether oxygens (including phenoxy) is 2. The van der Waals surface area contributed by atoms with Gasteiger partial charge >= 0.3 is 0 Å². The number of Topliss-reactive ketones (excluding diaryl/α,β-unsaturated/α-hetero) is 1. The minimum absolute atomic E-state index is 0.0153. The number of hydrogen-bond acceptors (Lipinski definition) is 6. The molecule has 0 amide bonds. The average Bonchev–Trinajstić information content (AvgIpc) is 3.00. The summed E-state index contributed by atoms with van der Waals surface area (Å²) in [5, 5.41) is 21.2. The van der Waals surface area contributed by atoms with E-state index < -0.39 is 23.7 Å². The second-order valence-electron chi connectivity index (χ2n) is 10.3. The van der Waals surface area contributed by atoms with E-state index in [9.17, 15) is 19.8 Å². The molecule has 7 atom stereocenters. The SMILES string of the molecule is CCOCO[C@]1(C(=O)CO)CC[C@H]2[C@@H]3CCC4=CC(=O)CC[C@]4(C)[C@H]3C(O)C[C@@]21C. The van der Waals surface area contributed by atoms with Crippen LogP contribution in [0.2, 0.25) is 0 Å². The summed E-state index contributed by atoms with van der Waals surface area (Å²) in [6.45, 7) is 6.11. The summed E-state index contributed by atoms with van der Waals surface area (Å²) >= 11 is 0. The third-order valence-corrected chi connectivity index (χ3v) is 9.20. The van der Waals surface area contributed by atoms with Gasteiger partial charge in [0.2, 0.25) is 0 Å². The molecule has 3 fully saturated rings. The Kier molecular flexibility index (Phi) is 5.76. The Balaban J connectivity index is 1.70. The maximum Gasteiger partial charge on any atom is 0.190 e. The molecule has 4 aliphatic carbocycles. The summed E-state index contributed by atoms with van der Waals surface area (Å²) in [5.41, 5.74) is -0.624. The second kappa shape index (κ2) is 7.80. The fourth-order valence-corrected chi connectivity index (χ4v) is 7.80. The third kappa shape index (κ3) is 2.98. The lowest BCUT2D eigenvalue weighted by Crippen LogP contribution is -2.63. The van der Waals surface area contributed by atoms with Gasteiger partial charge in [0.15, 0.2) is 11.6 Å².